The topological polar surface area (TPSA) is 98.7 Å². The highest BCUT2D eigenvalue weighted by atomic mass is 16.4. The summed E-state index contributed by atoms with van der Waals surface area (Å²) < 4.78 is 0. The maximum atomic E-state index is 12.0. The van der Waals surface area contributed by atoms with Gasteiger partial charge in [-0.05, 0) is 40.0 Å². The molecule has 3 N–H and O–H groups in total. The Hall–Kier alpha value is -1.79. The smallest absolute Gasteiger partial charge is 0.329 e. The average Bonchev–Trinajstić information content (AvgIpc) is 2.34. The van der Waals surface area contributed by atoms with Gasteiger partial charge in [-0.15, -0.1) is 0 Å². The lowest BCUT2D eigenvalue weighted by atomic mass is 9.77. The minimum absolute atomic E-state index is 0.178. The van der Waals surface area contributed by atoms with Crippen LogP contribution in [0, 0.1) is 0 Å². The van der Waals surface area contributed by atoms with Gasteiger partial charge in [0.2, 0.25) is 5.91 Å². The number of carboxylic acids is 1. The Kier molecular flexibility index (Phi) is 5.35. The Morgan fingerprint density at radius 3 is 2.15 bits per heavy atom. The van der Waals surface area contributed by atoms with E-state index in [2.05, 4.69) is 10.6 Å². The number of carboxylic acid groups (broad SMARTS) is 1. The number of hydrogen-bond donors (Lipinski definition) is 3. The molecule has 7 nitrogen and oxygen atoms in total. The van der Waals surface area contributed by atoms with E-state index in [0.29, 0.717) is 25.9 Å². The Bertz CT molecular complexity index is 389. The van der Waals surface area contributed by atoms with E-state index in [1.807, 2.05) is 13.8 Å². The summed E-state index contributed by atoms with van der Waals surface area (Å²) in [4.78, 5) is 36.6. The van der Waals surface area contributed by atoms with Crippen molar-refractivity contribution < 1.29 is 19.5 Å². The lowest BCUT2D eigenvalue weighted by Gasteiger charge is -2.38. The monoisotopic (exact) mass is 285 g/mol. The zero-order valence-corrected chi connectivity index (χ0v) is 12.2. The maximum Gasteiger partial charge on any atom is 0.329 e. The fourth-order valence-electron chi connectivity index (χ4n) is 2.24. The van der Waals surface area contributed by atoms with Crippen molar-refractivity contribution in [1.29, 1.82) is 0 Å². The molecule has 0 aromatic heterocycles. The van der Waals surface area contributed by atoms with Gasteiger partial charge in [-0.25, -0.2) is 9.59 Å². The van der Waals surface area contributed by atoms with Gasteiger partial charge in [-0.3, -0.25) is 4.79 Å². The molecule has 114 valence electrons. The number of likely N-dealkylation sites (N-methyl/N-ethyl adjacent to an activating group) is 1. The summed E-state index contributed by atoms with van der Waals surface area (Å²) in [5, 5.41) is 14.1. The van der Waals surface area contributed by atoms with Crippen LogP contribution >= 0.6 is 0 Å². The molecule has 3 amide bonds. The van der Waals surface area contributed by atoms with Gasteiger partial charge in [0.05, 0.1) is 0 Å². The van der Waals surface area contributed by atoms with Crippen molar-refractivity contribution in [2.24, 2.45) is 0 Å². The third-order valence-corrected chi connectivity index (χ3v) is 3.76. The van der Waals surface area contributed by atoms with Crippen molar-refractivity contribution in [3.63, 3.8) is 0 Å². The van der Waals surface area contributed by atoms with Crippen LogP contribution in [-0.2, 0) is 9.59 Å². The molecule has 20 heavy (non-hydrogen) atoms. The summed E-state index contributed by atoms with van der Waals surface area (Å²) in [5.41, 5.74) is -1.16. The summed E-state index contributed by atoms with van der Waals surface area (Å²) >= 11 is 0. The predicted octanol–water partition coefficient (Wildman–Crippen LogP) is 0.550. The molecule has 0 saturated heterocycles. The summed E-state index contributed by atoms with van der Waals surface area (Å²) in [5.74, 6) is -1.20. The van der Waals surface area contributed by atoms with Crippen LogP contribution in [0.25, 0.3) is 0 Å². The van der Waals surface area contributed by atoms with E-state index < -0.39 is 23.6 Å². The van der Waals surface area contributed by atoms with E-state index in [1.54, 1.807) is 11.8 Å². The second kappa shape index (κ2) is 6.58. The van der Waals surface area contributed by atoms with Crippen molar-refractivity contribution in [2.45, 2.75) is 51.6 Å². The fraction of sp³-hybridized carbons (Fsp3) is 0.769. The van der Waals surface area contributed by atoms with E-state index in [1.165, 1.54) is 0 Å². The Morgan fingerprint density at radius 2 is 1.80 bits per heavy atom. The SMILES string of the molecule is CCN(CC)C(=O)C(C)NC(=O)NC1(C(=O)O)CCC1. The van der Waals surface area contributed by atoms with Crippen LogP contribution in [0.3, 0.4) is 0 Å². The van der Waals surface area contributed by atoms with Gasteiger partial charge in [-0.2, -0.15) is 0 Å². The first-order valence-electron chi connectivity index (χ1n) is 6.97. The van der Waals surface area contributed by atoms with Gasteiger partial charge < -0.3 is 20.6 Å². The molecule has 0 spiro atoms. The third-order valence-electron chi connectivity index (χ3n) is 3.76. The molecule has 0 aliphatic heterocycles. The molecule has 1 aliphatic rings. The summed E-state index contributed by atoms with van der Waals surface area (Å²) in [7, 11) is 0. The van der Waals surface area contributed by atoms with Crippen molar-refractivity contribution >= 4 is 17.9 Å². The van der Waals surface area contributed by atoms with E-state index in [0.717, 1.165) is 6.42 Å². The molecule has 7 heteroatoms. The standard InChI is InChI=1S/C13H23N3O4/c1-4-16(5-2)10(17)9(3)14-12(20)15-13(11(18)19)7-6-8-13/h9H,4-8H2,1-3H3,(H,18,19)(H2,14,15,20). The lowest BCUT2D eigenvalue weighted by molar-refractivity contribution is -0.148. The number of urea groups is 1. The van der Waals surface area contributed by atoms with E-state index in [9.17, 15) is 14.4 Å². The third kappa shape index (κ3) is 3.40. The van der Waals surface area contributed by atoms with Crippen LogP contribution in [0.5, 0.6) is 0 Å². The molecule has 0 heterocycles. The number of rotatable bonds is 6. The first-order valence-corrected chi connectivity index (χ1v) is 6.97. The van der Waals surface area contributed by atoms with Crippen molar-refractivity contribution in [1.82, 2.24) is 15.5 Å². The zero-order chi connectivity index (χ0) is 15.3. The van der Waals surface area contributed by atoms with Crippen LogP contribution in [0.4, 0.5) is 4.79 Å². The number of amides is 3. The molecular formula is C13H23N3O4. The molecule has 0 bridgehead atoms. The van der Waals surface area contributed by atoms with Crippen LogP contribution < -0.4 is 10.6 Å². The molecule has 1 unspecified atom stereocenters. The normalized spacial score (nSPS) is 17.6. The minimum Gasteiger partial charge on any atom is -0.480 e. The molecular weight excluding hydrogens is 262 g/mol. The highest BCUT2D eigenvalue weighted by Crippen LogP contribution is 2.31. The van der Waals surface area contributed by atoms with E-state index in [4.69, 9.17) is 5.11 Å². The van der Waals surface area contributed by atoms with Crippen LogP contribution in [0.15, 0.2) is 0 Å². The Balaban J connectivity index is 2.53. The lowest BCUT2D eigenvalue weighted by Crippen LogP contribution is -2.62. The number of nitrogens with one attached hydrogen (secondary N) is 2. The molecule has 1 rings (SSSR count). The van der Waals surface area contributed by atoms with E-state index in [-0.39, 0.29) is 5.91 Å². The largest absolute Gasteiger partial charge is 0.480 e. The highest BCUT2D eigenvalue weighted by molar-refractivity contribution is 5.90. The first-order chi connectivity index (χ1) is 9.36. The number of carbonyl (C=O) groups excluding carboxylic acids is 2. The number of carbonyl (C=O) groups is 3. The van der Waals surface area contributed by atoms with Gasteiger partial charge in [0.15, 0.2) is 0 Å². The molecule has 1 fully saturated rings. The average molecular weight is 285 g/mol. The second-order valence-corrected chi connectivity index (χ2v) is 5.07. The predicted molar refractivity (Wildman–Crippen MR) is 73.3 cm³/mol. The Labute approximate surface area is 118 Å². The molecule has 0 aromatic carbocycles. The van der Waals surface area contributed by atoms with Crippen molar-refractivity contribution in [3.8, 4) is 0 Å². The van der Waals surface area contributed by atoms with Crippen LogP contribution in [-0.4, -0.2) is 52.6 Å². The number of nitrogens with zero attached hydrogens (tertiary/aromatic N) is 1. The van der Waals surface area contributed by atoms with E-state index >= 15 is 0 Å². The van der Waals surface area contributed by atoms with Gasteiger partial charge in [-0.1, -0.05) is 0 Å². The molecule has 0 radical (unpaired) electrons. The number of aliphatic carboxylic acids is 1. The Morgan fingerprint density at radius 1 is 1.25 bits per heavy atom. The second-order valence-electron chi connectivity index (χ2n) is 5.07. The maximum absolute atomic E-state index is 12.0. The van der Waals surface area contributed by atoms with Crippen LogP contribution in [0.1, 0.15) is 40.0 Å². The highest BCUT2D eigenvalue weighted by Gasteiger charge is 2.45. The van der Waals surface area contributed by atoms with Gasteiger partial charge >= 0.3 is 12.0 Å². The van der Waals surface area contributed by atoms with Crippen molar-refractivity contribution in [3.05, 3.63) is 0 Å². The van der Waals surface area contributed by atoms with Crippen molar-refractivity contribution in [2.75, 3.05) is 13.1 Å². The van der Waals surface area contributed by atoms with Gasteiger partial charge in [0.1, 0.15) is 11.6 Å². The van der Waals surface area contributed by atoms with Gasteiger partial charge in [0.25, 0.3) is 0 Å². The minimum atomic E-state index is -1.16. The van der Waals surface area contributed by atoms with Gasteiger partial charge in [0, 0.05) is 13.1 Å². The molecule has 1 aliphatic carbocycles. The summed E-state index contributed by atoms with van der Waals surface area (Å²) in [6.45, 7) is 6.46. The summed E-state index contributed by atoms with van der Waals surface area (Å²) in [6, 6.07) is -1.29. The summed E-state index contributed by atoms with van der Waals surface area (Å²) in [6.07, 6.45) is 1.63. The van der Waals surface area contributed by atoms with Crippen LogP contribution in [0.2, 0.25) is 0 Å². The molecule has 0 aromatic rings. The first kappa shape index (κ1) is 16.3. The zero-order valence-electron chi connectivity index (χ0n) is 12.2. The molecule has 1 atom stereocenters. The molecule has 1 saturated carbocycles. The fourth-order valence-corrected chi connectivity index (χ4v) is 2.24. The number of hydrogen-bond acceptors (Lipinski definition) is 3. The quantitative estimate of drug-likeness (QED) is 0.663.